The van der Waals surface area contributed by atoms with Gasteiger partial charge < -0.3 is 20.9 Å². The Morgan fingerprint density at radius 1 is 1.23 bits per heavy atom. The van der Waals surface area contributed by atoms with Gasteiger partial charge in [-0.2, -0.15) is 4.98 Å². The van der Waals surface area contributed by atoms with E-state index in [1.54, 1.807) is 17.2 Å². The van der Waals surface area contributed by atoms with Crippen molar-refractivity contribution in [1.29, 1.82) is 0 Å². The van der Waals surface area contributed by atoms with Crippen molar-refractivity contribution in [3.05, 3.63) is 35.8 Å². The van der Waals surface area contributed by atoms with E-state index in [9.17, 15) is 14.0 Å². The van der Waals surface area contributed by atoms with Crippen LogP contribution in [0.1, 0.15) is 31.2 Å². The van der Waals surface area contributed by atoms with Gasteiger partial charge in [-0.25, -0.2) is 9.37 Å². The molecule has 3 heterocycles. The zero-order valence-electron chi connectivity index (χ0n) is 19.8. The highest BCUT2D eigenvalue weighted by Crippen LogP contribution is 2.61. The summed E-state index contributed by atoms with van der Waals surface area (Å²) in [5.41, 5.74) is 1.64. The van der Waals surface area contributed by atoms with Crippen molar-refractivity contribution in [2.75, 3.05) is 47.8 Å². The summed E-state index contributed by atoms with van der Waals surface area (Å²) in [6, 6.07) is 5.04. The van der Waals surface area contributed by atoms with Gasteiger partial charge in [0, 0.05) is 50.2 Å². The number of rotatable bonds is 6. The third-order valence-electron chi connectivity index (χ3n) is 7.87. The molecule has 5 aliphatic rings. The van der Waals surface area contributed by atoms with Crippen LogP contribution in [0.3, 0.4) is 0 Å². The Morgan fingerprint density at radius 2 is 2.00 bits per heavy atom. The van der Waals surface area contributed by atoms with E-state index in [2.05, 4.69) is 20.9 Å². The normalized spacial score (nSPS) is 27.0. The maximum atomic E-state index is 14.9. The molecule has 9 nitrogen and oxygen atoms in total. The highest BCUT2D eigenvalue weighted by molar-refractivity contribution is 6.09. The summed E-state index contributed by atoms with van der Waals surface area (Å²) in [4.78, 5) is 38.8. The average Bonchev–Trinajstić information content (AvgIpc) is 3.23. The highest BCUT2D eigenvalue weighted by atomic mass is 19.1. The second kappa shape index (κ2) is 8.44. The van der Waals surface area contributed by atoms with Crippen LogP contribution in [0, 0.1) is 24.6 Å². The van der Waals surface area contributed by atoms with Crippen molar-refractivity contribution in [2.45, 2.75) is 38.1 Å². The lowest BCUT2D eigenvalue weighted by molar-refractivity contribution is -0.135. The zero-order valence-corrected chi connectivity index (χ0v) is 19.8. The fourth-order valence-electron chi connectivity index (χ4n) is 5.85. The van der Waals surface area contributed by atoms with Gasteiger partial charge in [0.15, 0.2) is 0 Å². The van der Waals surface area contributed by atoms with Crippen molar-refractivity contribution < 1.29 is 14.0 Å². The summed E-state index contributed by atoms with van der Waals surface area (Å²) < 4.78 is 14.9. The molecule has 1 aromatic carbocycles. The van der Waals surface area contributed by atoms with Crippen molar-refractivity contribution in [1.82, 2.24) is 20.6 Å². The molecular weight excluding hydrogens is 449 g/mol. The number of piperazine rings is 1. The molecule has 1 atom stereocenters. The van der Waals surface area contributed by atoms with Crippen LogP contribution in [-0.2, 0) is 9.59 Å². The van der Waals surface area contributed by atoms with Crippen LogP contribution in [0.4, 0.5) is 27.5 Å². The Labute approximate surface area is 203 Å². The average molecular weight is 480 g/mol. The molecule has 10 heteroatoms. The molecule has 35 heavy (non-hydrogen) atoms. The molecule has 2 bridgehead atoms. The molecule has 5 fully saturated rings. The van der Waals surface area contributed by atoms with E-state index in [1.807, 2.05) is 17.9 Å². The van der Waals surface area contributed by atoms with Crippen LogP contribution in [0.15, 0.2) is 24.4 Å². The molecule has 0 radical (unpaired) electrons. The van der Waals surface area contributed by atoms with Gasteiger partial charge in [-0.05, 0) is 56.7 Å². The number of hydrogen-bond donors (Lipinski definition) is 3. The van der Waals surface area contributed by atoms with E-state index in [0.29, 0.717) is 42.0 Å². The molecule has 2 amide bonds. The number of halogens is 1. The van der Waals surface area contributed by atoms with E-state index in [-0.39, 0.29) is 23.2 Å². The number of aryl methyl sites for hydroxylation is 1. The van der Waals surface area contributed by atoms with E-state index in [4.69, 9.17) is 4.98 Å². The molecule has 3 aliphatic carbocycles. The Kier molecular flexibility index (Phi) is 5.36. The van der Waals surface area contributed by atoms with E-state index >= 15 is 0 Å². The van der Waals surface area contributed by atoms with Crippen molar-refractivity contribution in [3.8, 4) is 0 Å². The van der Waals surface area contributed by atoms with E-state index in [0.717, 1.165) is 51.0 Å². The topological polar surface area (TPSA) is 102 Å². The third kappa shape index (κ3) is 3.80. The number of aromatic nitrogens is 2. The minimum atomic E-state index is -0.679. The van der Waals surface area contributed by atoms with Gasteiger partial charge in [0.2, 0.25) is 17.8 Å². The van der Waals surface area contributed by atoms with Gasteiger partial charge in [-0.1, -0.05) is 0 Å². The lowest BCUT2D eigenvalue weighted by atomic mass is 9.49. The summed E-state index contributed by atoms with van der Waals surface area (Å²) in [6.07, 6.45) is 5.01. The van der Waals surface area contributed by atoms with E-state index < -0.39 is 5.92 Å². The molecule has 1 unspecified atom stereocenters. The molecular formula is C25H30FN7O2. The Balaban J connectivity index is 1.27. The third-order valence-corrected chi connectivity index (χ3v) is 7.87. The monoisotopic (exact) mass is 479 g/mol. The van der Waals surface area contributed by atoms with Crippen LogP contribution in [0.5, 0.6) is 0 Å². The smallest absolute Gasteiger partial charge is 0.241 e. The summed E-state index contributed by atoms with van der Waals surface area (Å²) in [5, 5.41) is 9.15. The number of carbonyl (C=O) groups is 2. The summed E-state index contributed by atoms with van der Waals surface area (Å²) in [7, 11) is 0. The van der Waals surface area contributed by atoms with Crippen LogP contribution >= 0.6 is 0 Å². The first-order valence-corrected chi connectivity index (χ1v) is 12.4. The summed E-state index contributed by atoms with van der Waals surface area (Å²) >= 11 is 0. The number of nitrogens with zero attached hydrogens (tertiary/aromatic N) is 4. The largest absolute Gasteiger partial charge is 0.367 e. The molecule has 2 saturated heterocycles. The minimum Gasteiger partial charge on any atom is -0.367 e. The second-order valence-electron chi connectivity index (χ2n) is 10.2. The first kappa shape index (κ1) is 22.2. The SMILES string of the molecule is Cc1cnc(Nc2ccc(N3CCNCC3)c(F)c2)nc1N(C(=O)C1CCNC1=O)C12CC(C1)C2. The van der Waals surface area contributed by atoms with Crippen LogP contribution in [0.25, 0.3) is 0 Å². The highest BCUT2D eigenvalue weighted by Gasteiger charge is 2.63. The number of anilines is 4. The van der Waals surface area contributed by atoms with Gasteiger partial charge in [-0.3, -0.25) is 14.5 Å². The Hall–Kier alpha value is -3.27. The predicted molar refractivity (Wildman–Crippen MR) is 130 cm³/mol. The number of hydrogen-bond acceptors (Lipinski definition) is 7. The molecule has 3 saturated carbocycles. The van der Waals surface area contributed by atoms with Gasteiger partial charge in [-0.15, -0.1) is 0 Å². The first-order valence-electron chi connectivity index (χ1n) is 12.4. The predicted octanol–water partition coefficient (Wildman–Crippen LogP) is 2.10. The van der Waals surface area contributed by atoms with Gasteiger partial charge >= 0.3 is 0 Å². The molecule has 7 rings (SSSR count). The van der Waals surface area contributed by atoms with Crippen molar-refractivity contribution in [2.24, 2.45) is 11.8 Å². The number of amides is 2. The standard InChI is InChI=1S/C25H30FN7O2/c1-15-14-29-24(30-17-2-3-20(19(26)10-17)32-8-6-27-7-9-32)31-21(15)33(25-11-16(12-25)13-25)23(35)18-4-5-28-22(18)34/h2-3,10,14,16,18,27H,4-9,11-13H2,1H3,(H,28,34)(H,29,30,31). The van der Waals surface area contributed by atoms with Crippen LogP contribution in [0.2, 0.25) is 0 Å². The fourth-order valence-corrected chi connectivity index (χ4v) is 5.85. The quantitative estimate of drug-likeness (QED) is 0.546. The van der Waals surface area contributed by atoms with Crippen LogP contribution < -0.4 is 25.8 Å². The Bertz CT molecular complexity index is 1170. The summed E-state index contributed by atoms with van der Waals surface area (Å²) in [6.45, 7) is 5.59. The van der Waals surface area contributed by atoms with Gasteiger partial charge in [0.05, 0.1) is 11.2 Å². The van der Waals surface area contributed by atoms with Gasteiger partial charge in [0.25, 0.3) is 0 Å². The second-order valence-corrected chi connectivity index (χ2v) is 10.2. The molecule has 0 spiro atoms. The van der Waals surface area contributed by atoms with Gasteiger partial charge in [0.1, 0.15) is 17.6 Å². The number of benzene rings is 1. The van der Waals surface area contributed by atoms with E-state index in [1.165, 1.54) is 6.07 Å². The first-order chi connectivity index (χ1) is 16.9. The maximum absolute atomic E-state index is 14.9. The molecule has 2 aliphatic heterocycles. The zero-order chi connectivity index (χ0) is 24.2. The number of carbonyl (C=O) groups excluding carboxylic acids is 2. The molecule has 2 aromatic rings. The lowest BCUT2D eigenvalue weighted by Crippen LogP contribution is -2.71. The molecule has 184 valence electrons. The van der Waals surface area contributed by atoms with Crippen LogP contribution in [-0.4, -0.2) is 60.0 Å². The Morgan fingerprint density at radius 3 is 2.63 bits per heavy atom. The van der Waals surface area contributed by atoms with Crippen molar-refractivity contribution >= 4 is 35.0 Å². The summed E-state index contributed by atoms with van der Waals surface area (Å²) in [5.74, 6) is 0.0978. The molecule has 3 N–H and O–H groups in total. The lowest BCUT2D eigenvalue weighted by Gasteiger charge is -2.66. The fraction of sp³-hybridized carbons (Fsp3) is 0.520. The van der Waals surface area contributed by atoms with Crippen molar-refractivity contribution in [3.63, 3.8) is 0 Å². The molecule has 1 aromatic heterocycles. The minimum absolute atomic E-state index is 0.183. The maximum Gasteiger partial charge on any atom is 0.241 e. The number of nitrogens with one attached hydrogen (secondary N) is 3.